The third kappa shape index (κ3) is 3.93. The smallest absolute Gasteiger partial charge is 0.162 e. The van der Waals surface area contributed by atoms with E-state index >= 15 is 0 Å². The molecule has 0 aromatic heterocycles. The number of hydrogen-bond acceptors (Lipinski definition) is 2. The quantitative estimate of drug-likeness (QED) is 0.768. The lowest BCUT2D eigenvalue weighted by atomic mass is 10.0. The highest BCUT2D eigenvalue weighted by Crippen LogP contribution is 2.19. The Morgan fingerprint density at radius 1 is 1.35 bits per heavy atom. The summed E-state index contributed by atoms with van der Waals surface area (Å²) in [4.78, 5) is 11.9. The van der Waals surface area contributed by atoms with Gasteiger partial charge in [0.2, 0.25) is 0 Å². The van der Waals surface area contributed by atoms with Crippen LogP contribution in [0.25, 0.3) is 0 Å². The molecule has 1 saturated heterocycles. The monoisotopic (exact) mass is 296 g/mol. The van der Waals surface area contributed by atoms with Gasteiger partial charge in [-0.2, -0.15) is 0 Å². The minimum atomic E-state index is 0.232. The molecule has 0 aliphatic carbocycles. The first kappa shape index (κ1) is 12.8. The summed E-state index contributed by atoms with van der Waals surface area (Å²) in [5.41, 5.74) is 0.806. The predicted molar refractivity (Wildman–Crippen MR) is 71.3 cm³/mol. The van der Waals surface area contributed by atoms with Crippen molar-refractivity contribution in [1.82, 2.24) is 0 Å². The Hall–Kier alpha value is -0.670. The van der Waals surface area contributed by atoms with Crippen LogP contribution in [0, 0.1) is 0 Å². The van der Waals surface area contributed by atoms with E-state index in [1.807, 2.05) is 24.3 Å². The molecule has 2 rings (SSSR count). The van der Waals surface area contributed by atoms with Crippen LogP contribution >= 0.6 is 15.9 Å². The Morgan fingerprint density at radius 3 is 2.76 bits per heavy atom. The summed E-state index contributed by atoms with van der Waals surface area (Å²) in [6, 6.07) is 7.57. The van der Waals surface area contributed by atoms with E-state index in [-0.39, 0.29) is 5.78 Å². The zero-order valence-electron chi connectivity index (χ0n) is 9.82. The Kier molecular flexibility index (Phi) is 4.75. The third-order valence-corrected chi connectivity index (χ3v) is 3.65. The number of rotatable bonds is 5. The molecule has 17 heavy (non-hydrogen) atoms. The van der Waals surface area contributed by atoms with Crippen molar-refractivity contribution in [3.05, 3.63) is 34.3 Å². The van der Waals surface area contributed by atoms with Crippen LogP contribution in [0.3, 0.4) is 0 Å². The molecule has 1 aliphatic heterocycles. The zero-order valence-corrected chi connectivity index (χ0v) is 11.4. The molecule has 0 spiro atoms. The Balaban J connectivity index is 1.75. The fourth-order valence-electron chi connectivity index (χ4n) is 2.14. The van der Waals surface area contributed by atoms with Gasteiger partial charge in [0.05, 0.1) is 6.10 Å². The fraction of sp³-hybridized carbons (Fsp3) is 0.500. The van der Waals surface area contributed by atoms with Gasteiger partial charge in [0.15, 0.2) is 5.78 Å². The molecule has 1 fully saturated rings. The molecule has 1 aliphatic rings. The van der Waals surface area contributed by atoms with Gasteiger partial charge in [0, 0.05) is 23.1 Å². The number of halogens is 1. The molecule has 3 heteroatoms. The molecule has 0 saturated carbocycles. The molecule has 1 heterocycles. The van der Waals surface area contributed by atoms with E-state index in [1.165, 1.54) is 6.42 Å². The van der Waals surface area contributed by atoms with Gasteiger partial charge in [0.25, 0.3) is 0 Å². The second kappa shape index (κ2) is 6.31. The molecule has 1 aromatic carbocycles. The van der Waals surface area contributed by atoms with E-state index in [4.69, 9.17) is 4.74 Å². The number of carbonyl (C=O) groups excluding carboxylic acids is 1. The first-order chi connectivity index (χ1) is 8.25. The molecule has 0 N–H and O–H groups in total. The summed E-state index contributed by atoms with van der Waals surface area (Å²) < 4.78 is 6.55. The summed E-state index contributed by atoms with van der Waals surface area (Å²) in [5, 5.41) is 0. The van der Waals surface area contributed by atoms with Crippen molar-refractivity contribution in [3.8, 4) is 0 Å². The molecular formula is C14H17BrO2. The van der Waals surface area contributed by atoms with E-state index in [9.17, 15) is 4.79 Å². The van der Waals surface area contributed by atoms with Gasteiger partial charge in [-0.15, -0.1) is 0 Å². The molecule has 92 valence electrons. The first-order valence-corrected chi connectivity index (χ1v) is 6.95. The van der Waals surface area contributed by atoms with Crippen LogP contribution in [0.2, 0.25) is 0 Å². The number of benzene rings is 1. The number of ether oxygens (including phenoxy) is 1. The van der Waals surface area contributed by atoms with Gasteiger partial charge >= 0.3 is 0 Å². The van der Waals surface area contributed by atoms with Gasteiger partial charge in [-0.1, -0.05) is 28.1 Å². The molecule has 1 aromatic rings. The molecule has 0 bridgehead atoms. The SMILES string of the molecule is O=C(CCCC1CCCO1)c1ccc(Br)cc1. The molecule has 0 radical (unpaired) electrons. The Bertz CT molecular complexity index is 366. The lowest BCUT2D eigenvalue weighted by molar-refractivity contribution is 0.0923. The van der Waals surface area contributed by atoms with Crippen molar-refractivity contribution >= 4 is 21.7 Å². The average molecular weight is 297 g/mol. The number of ketones is 1. The van der Waals surface area contributed by atoms with Crippen LogP contribution in [0.4, 0.5) is 0 Å². The standard InChI is InChI=1S/C14H17BrO2/c15-12-8-6-11(7-9-12)14(16)5-1-3-13-4-2-10-17-13/h6-9,13H,1-5,10H2. The summed E-state index contributed by atoms with van der Waals surface area (Å²) >= 11 is 3.36. The molecular weight excluding hydrogens is 280 g/mol. The van der Waals surface area contributed by atoms with E-state index in [0.29, 0.717) is 12.5 Å². The third-order valence-electron chi connectivity index (χ3n) is 3.12. The highest BCUT2D eigenvalue weighted by molar-refractivity contribution is 9.10. The van der Waals surface area contributed by atoms with Crippen molar-refractivity contribution in [2.45, 2.75) is 38.2 Å². The van der Waals surface area contributed by atoms with E-state index in [2.05, 4.69) is 15.9 Å². The van der Waals surface area contributed by atoms with Gasteiger partial charge < -0.3 is 4.74 Å². The molecule has 1 unspecified atom stereocenters. The lowest BCUT2D eigenvalue weighted by Crippen LogP contribution is -2.06. The van der Waals surface area contributed by atoms with E-state index in [0.717, 1.165) is 35.9 Å². The Morgan fingerprint density at radius 2 is 2.12 bits per heavy atom. The van der Waals surface area contributed by atoms with Crippen LogP contribution in [0.15, 0.2) is 28.7 Å². The van der Waals surface area contributed by atoms with E-state index in [1.54, 1.807) is 0 Å². The first-order valence-electron chi connectivity index (χ1n) is 6.16. The topological polar surface area (TPSA) is 26.3 Å². The highest BCUT2D eigenvalue weighted by atomic mass is 79.9. The largest absolute Gasteiger partial charge is 0.378 e. The van der Waals surface area contributed by atoms with Crippen LogP contribution in [0.5, 0.6) is 0 Å². The maximum Gasteiger partial charge on any atom is 0.162 e. The number of hydrogen-bond donors (Lipinski definition) is 0. The maximum absolute atomic E-state index is 11.9. The highest BCUT2D eigenvalue weighted by Gasteiger charge is 2.15. The van der Waals surface area contributed by atoms with Gasteiger partial charge in [-0.3, -0.25) is 4.79 Å². The average Bonchev–Trinajstić information content (AvgIpc) is 2.83. The fourth-order valence-corrected chi connectivity index (χ4v) is 2.41. The summed E-state index contributed by atoms with van der Waals surface area (Å²) in [6.45, 7) is 0.894. The minimum Gasteiger partial charge on any atom is -0.378 e. The van der Waals surface area contributed by atoms with Crippen molar-refractivity contribution in [2.75, 3.05) is 6.61 Å². The van der Waals surface area contributed by atoms with Crippen molar-refractivity contribution < 1.29 is 9.53 Å². The summed E-state index contributed by atoms with van der Waals surface area (Å²) in [7, 11) is 0. The van der Waals surface area contributed by atoms with Gasteiger partial charge in [-0.05, 0) is 37.8 Å². The van der Waals surface area contributed by atoms with Crippen molar-refractivity contribution in [1.29, 1.82) is 0 Å². The summed E-state index contributed by atoms with van der Waals surface area (Å²) in [5.74, 6) is 0.232. The maximum atomic E-state index is 11.9. The molecule has 1 atom stereocenters. The van der Waals surface area contributed by atoms with Crippen LogP contribution in [0.1, 0.15) is 42.5 Å². The minimum absolute atomic E-state index is 0.232. The second-order valence-corrected chi connectivity index (χ2v) is 5.37. The lowest BCUT2D eigenvalue weighted by Gasteiger charge is -2.08. The zero-order chi connectivity index (χ0) is 12.1. The summed E-state index contributed by atoms with van der Waals surface area (Å²) in [6.07, 6.45) is 5.30. The second-order valence-electron chi connectivity index (χ2n) is 4.46. The molecule has 2 nitrogen and oxygen atoms in total. The normalized spacial score (nSPS) is 19.5. The van der Waals surface area contributed by atoms with Crippen molar-refractivity contribution in [2.24, 2.45) is 0 Å². The van der Waals surface area contributed by atoms with Crippen LogP contribution in [-0.4, -0.2) is 18.5 Å². The Labute approximate surface area is 110 Å². The van der Waals surface area contributed by atoms with Crippen LogP contribution < -0.4 is 0 Å². The van der Waals surface area contributed by atoms with Crippen molar-refractivity contribution in [3.63, 3.8) is 0 Å². The predicted octanol–water partition coefficient (Wildman–Crippen LogP) is 3.98. The van der Waals surface area contributed by atoms with Gasteiger partial charge in [0.1, 0.15) is 0 Å². The van der Waals surface area contributed by atoms with Crippen LogP contribution in [-0.2, 0) is 4.74 Å². The number of Topliss-reactive ketones (excluding diaryl/α,β-unsaturated/α-hetero) is 1. The van der Waals surface area contributed by atoms with E-state index < -0.39 is 0 Å². The number of carbonyl (C=O) groups is 1. The van der Waals surface area contributed by atoms with Gasteiger partial charge in [-0.25, -0.2) is 0 Å². The molecule has 0 amide bonds.